The third kappa shape index (κ3) is 11.1. The molecule has 0 fully saturated rings. The summed E-state index contributed by atoms with van der Waals surface area (Å²) in [6.07, 6.45) is 2.69. The van der Waals surface area contributed by atoms with Gasteiger partial charge >= 0.3 is 6.09 Å². The largest absolute Gasteiger partial charge is 0.508 e. The fourth-order valence-corrected chi connectivity index (χ4v) is 4.88. The van der Waals surface area contributed by atoms with Crippen LogP contribution in [-0.4, -0.2) is 52.1 Å². The number of carbonyl (C=O) groups is 3. The van der Waals surface area contributed by atoms with Crippen molar-refractivity contribution in [3.05, 3.63) is 64.7 Å². The molecule has 8 heteroatoms. The van der Waals surface area contributed by atoms with Crippen LogP contribution in [0.5, 0.6) is 5.75 Å². The highest BCUT2D eigenvalue weighted by atomic mass is 16.6. The minimum Gasteiger partial charge on any atom is -0.508 e. The Hall–Kier alpha value is -3.55. The van der Waals surface area contributed by atoms with Crippen molar-refractivity contribution in [2.24, 2.45) is 0 Å². The van der Waals surface area contributed by atoms with Crippen LogP contribution in [0, 0.1) is 13.8 Å². The second-order valence-corrected chi connectivity index (χ2v) is 12.0. The van der Waals surface area contributed by atoms with Crippen LogP contribution in [-0.2, 0) is 20.7 Å². The molecule has 0 radical (unpaired) electrons. The number of alkyl carbamates (subject to hydrolysis) is 1. The lowest BCUT2D eigenvalue weighted by molar-refractivity contribution is -0.142. The van der Waals surface area contributed by atoms with E-state index >= 15 is 0 Å². The molecule has 8 nitrogen and oxygen atoms in total. The molecular weight excluding hydrogens is 518 g/mol. The molecule has 0 bridgehead atoms. The Bertz CT molecular complexity index is 1140. The SMILES string of the molecule is CCCCN(C(=O)C(Cc1ccc(O)cc1)NC(=O)OC(C)(C)C)C(C(=O)NC(C)CCC)c1cc(C)cc(C)c1. The van der Waals surface area contributed by atoms with Crippen LogP contribution in [0.2, 0.25) is 0 Å². The van der Waals surface area contributed by atoms with Crippen LogP contribution >= 0.6 is 0 Å². The molecule has 0 aromatic heterocycles. The van der Waals surface area contributed by atoms with Crippen molar-refractivity contribution in [1.29, 1.82) is 0 Å². The molecule has 2 aromatic rings. The van der Waals surface area contributed by atoms with Gasteiger partial charge in [0.1, 0.15) is 23.4 Å². The molecule has 3 N–H and O–H groups in total. The molecule has 0 heterocycles. The highest BCUT2D eigenvalue weighted by molar-refractivity contribution is 5.92. The van der Waals surface area contributed by atoms with E-state index in [1.54, 1.807) is 49.9 Å². The standard InChI is InChI=1S/C33H49N3O5/c1-9-11-17-36(29(30(38)34-24(5)12-10-2)26-19-22(3)18-23(4)20-26)31(39)28(35-32(40)41-33(6,7)8)21-25-13-15-27(37)16-14-25/h13-16,18-20,24,28-29,37H,9-12,17,21H2,1-8H3,(H,34,38)(H,35,40). The van der Waals surface area contributed by atoms with Crippen LogP contribution in [0.1, 0.15) is 95.5 Å². The zero-order chi connectivity index (χ0) is 30.7. The van der Waals surface area contributed by atoms with Gasteiger partial charge in [0.15, 0.2) is 0 Å². The van der Waals surface area contributed by atoms with Gasteiger partial charge in [-0.3, -0.25) is 9.59 Å². The van der Waals surface area contributed by atoms with E-state index in [0.717, 1.165) is 41.5 Å². The molecule has 3 unspecified atom stereocenters. The maximum atomic E-state index is 14.4. The van der Waals surface area contributed by atoms with Gasteiger partial charge in [-0.05, 0) is 77.6 Å². The smallest absolute Gasteiger partial charge is 0.408 e. The first kappa shape index (κ1) is 33.7. The number of hydrogen-bond donors (Lipinski definition) is 3. The van der Waals surface area contributed by atoms with E-state index in [-0.39, 0.29) is 30.0 Å². The number of benzene rings is 2. The number of phenols is 1. The van der Waals surface area contributed by atoms with Crippen molar-refractivity contribution in [3.8, 4) is 5.75 Å². The third-order valence-electron chi connectivity index (χ3n) is 6.63. The van der Waals surface area contributed by atoms with Crippen LogP contribution in [0.4, 0.5) is 4.79 Å². The van der Waals surface area contributed by atoms with Gasteiger partial charge in [0.25, 0.3) is 0 Å². The number of aromatic hydroxyl groups is 1. The Balaban J connectivity index is 2.59. The molecule has 0 aliphatic heterocycles. The summed E-state index contributed by atoms with van der Waals surface area (Å²) in [6.45, 7) is 15.6. The van der Waals surface area contributed by atoms with Crippen molar-refractivity contribution >= 4 is 17.9 Å². The van der Waals surface area contributed by atoms with Crippen molar-refractivity contribution in [3.63, 3.8) is 0 Å². The molecule has 2 rings (SSSR count). The third-order valence-corrected chi connectivity index (χ3v) is 6.63. The average Bonchev–Trinajstić information content (AvgIpc) is 2.85. The summed E-state index contributed by atoms with van der Waals surface area (Å²) in [5.41, 5.74) is 2.71. The summed E-state index contributed by atoms with van der Waals surface area (Å²) >= 11 is 0. The Morgan fingerprint density at radius 2 is 1.56 bits per heavy atom. The normalized spacial score (nSPS) is 13.6. The number of phenolic OH excluding ortho intramolecular Hbond substituents is 1. The minimum atomic E-state index is -1.000. The van der Waals surface area contributed by atoms with Crippen LogP contribution in [0.15, 0.2) is 42.5 Å². The van der Waals surface area contributed by atoms with Crippen molar-refractivity contribution < 1.29 is 24.2 Å². The lowest BCUT2D eigenvalue weighted by Gasteiger charge is -2.35. The highest BCUT2D eigenvalue weighted by Gasteiger charge is 2.36. The van der Waals surface area contributed by atoms with E-state index in [0.29, 0.717) is 13.0 Å². The van der Waals surface area contributed by atoms with Crippen LogP contribution < -0.4 is 10.6 Å². The fourth-order valence-electron chi connectivity index (χ4n) is 4.88. The van der Waals surface area contributed by atoms with E-state index in [1.165, 1.54) is 0 Å². The van der Waals surface area contributed by atoms with Gasteiger partial charge in [-0.25, -0.2) is 4.79 Å². The predicted molar refractivity (Wildman–Crippen MR) is 163 cm³/mol. The number of rotatable bonds is 13. The van der Waals surface area contributed by atoms with Gasteiger partial charge in [-0.2, -0.15) is 0 Å². The number of hydrogen-bond acceptors (Lipinski definition) is 5. The first-order valence-electron chi connectivity index (χ1n) is 14.7. The van der Waals surface area contributed by atoms with Crippen molar-refractivity contribution in [2.45, 2.75) is 111 Å². The van der Waals surface area contributed by atoms with Gasteiger partial charge < -0.3 is 25.4 Å². The van der Waals surface area contributed by atoms with Crippen LogP contribution in [0.25, 0.3) is 0 Å². The lowest BCUT2D eigenvalue weighted by Crippen LogP contribution is -2.54. The summed E-state index contributed by atoms with van der Waals surface area (Å²) in [5.74, 6) is -0.519. The zero-order valence-electron chi connectivity index (χ0n) is 26.0. The Morgan fingerprint density at radius 1 is 0.951 bits per heavy atom. The number of carbonyl (C=O) groups excluding carboxylic acids is 3. The molecule has 0 aliphatic rings. The number of amides is 3. The van der Waals surface area contributed by atoms with Gasteiger partial charge in [0.2, 0.25) is 11.8 Å². The van der Waals surface area contributed by atoms with Crippen molar-refractivity contribution in [2.75, 3.05) is 6.54 Å². The van der Waals surface area contributed by atoms with Crippen molar-refractivity contribution in [1.82, 2.24) is 15.5 Å². The second kappa shape index (κ2) is 15.5. The highest BCUT2D eigenvalue weighted by Crippen LogP contribution is 2.27. The number of nitrogens with one attached hydrogen (secondary N) is 2. The predicted octanol–water partition coefficient (Wildman–Crippen LogP) is 6.12. The van der Waals surface area contributed by atoms with Gasteiger partial charge in [0.05, 0.1) is 0 Å². The Labute approximate surface area is 245 Å². The molecule has 41 heavy (non-hydrogen) atoms. The van der Waals surface area contributed by atoms with E-state index < -0.39 is 23.8 Å². The number of ether oxygens (including phenoxy) is 1. The number of nitrogens with zero attached hydrogens (tertiary/aromatic N) is 1. The first-order valence-corrected chi connectivity index (χ1v) is 14.7. The maximum Gasteiger partial charge on any atom is 0.408 e. The molecule has 0 aliphatic carbocycles. The van der Waals surface area contributed by atoms with E-state index in [9.17, 15) is 19.5 Å². The zero-order valence-corrected chi connectivity index (χ0v) is 26.0. The molecule has 3 atom stereocenters. The summed E-state index contributed by atoms with van der Waals surface area (Å²) in [7, 11) is 0. The fraction of sp³-hybridized carbons (Fsp3) is 0.545. The Morgan fingerprint density at radius 3 is 2.10 bits per heavy atom. The molecule has 0 saturated carbocycles. The summed E-state index contributed by atoms with van der Waals surface area (Å²) < 4.78 is 5.50. The molecule has 3 amide bonds. The van der Waals surface area contributed by atoms with Gasteiger partial charge in [-0.1, -0.05) is 68.1 Å². The quantitative estimate of drug-likeness (QED) is 0.270. The number of aryl methyl sites for hydroxylation is 2. The van der Waals surface area contributed by atoms with Gasteiger partial charge in [-0.15, -0.1) is 0 Å². The summed E-state index contributed by atoms with van der Waals surface area (Å²) in [4.78, 5) is 42.9. The average molecular weight is 568 g/mol. The van der Waals surface area contributed by atoms with E-state index in [2.05, 4.69) is 17.6 Å². The van der Waals surface area contributed by atoms with Gasteiger partial charge in [0, 0.05) is 19.0 Å². The summed E-state index contributed by atoms with van der Waals surface area (Å²) in [6, 6.07) is 10.5. The second-order valence-electron chi connectivity index (χ2n) is 12.0. The molecule has 0 spiro atoms. The van der Waals surface area contributed by atoms with E-state index in [4.69, 9.17) is 4.74 Å². The number of unbranched alkanes of at least 4 members (excludes halogenated alkanes) is 1. The molecule has 0 saturated heterocycles. The first-order chi connectivity index (χ1) is 19.2. The Kier molecular flexibility index (Phi) is 12.7. The van der Waals surface area contributed by atoms with Crippen LogP contribution in [0.3, 0.4) is 0 Å². The monoisotopic (exact) mass is 567 g/mol. The molecule has 226 valence electrons. The topological polar surface area (TPSA) is 108 Å². The lowest BCUT2D eigenvalue weighted by atomic mass is 9.96. The molecular formula is C33H49N3O5. The minimum absolute atomic E-state index is 0.0586. The summed E-state index contributed by atoms with van der Waals surface area (Å²) in [5, 5.41) is 15.7. The van der Waals surface area contributed by atoms with E-state index in [1.807, 2.05) is 45.9 Å². The molecule has 2 aromatic carbocycles. The maximum absolute atomic E-state index is 14.4.